The zero-order valence-electron chi connectivity index (χ0n) is 25.0. The Morgan fingerprint density at radius 3 is 2.43 bits per heavy atom. The second-order valence-electron chi connectivity index (χ2n) is 10.6. The average Bonchev–Trinajstić information content (AvgIpc) is 3.45. The number of amides is 2. The Hall–Kier alpha value is -4.52. The van der Waals surface area contributed by atoms with E-state index in [0.717, 1.165) is 23.0 Å². The molecule has 1 unspecified atom stereocenters. The predicted molar refractivity (Wildman–Crippen MR) is 163 cm³/mol. The van der Waals surface area contributed by atoms with Crippen LogP contribution in [0.5, 0.6) is 11.5 Å². The van der Waals surface area contributed by atoms with Gasteiger partial charge in [-0.05, 0) is 61.7 Å². The molecule has 13 heteroatoms. The zero-order chi connectivity index (χ0) is 31.9. The maximum absolute atomic E-state index is 13.3. The van der Waals surface area contributed by atoms with Crippen LogP contribution in [0.15, 0.2) is 55.1 Å². The van der Waals surface area contributed by atoms with Crippen LogP contribution in [-0.2, 0) is 17.6 Å². The number of carbonyl (C=O) groups excluding carboxylic acids is 2. The number of rotatable bonds is 12. The van der Waals surface area contributed by atoms with Crippen LogP contribution >= 0.6 is 0 Å². The number of methoxy groups -OCH3 is 2. The first-order chi connectivity index (χ1) is 21.0. The van der Waals surface area contributed by atoms with Gasteiger partial charge in [0.1, 0.15) is 17.3 Å². The molecule has 44 heavy (non-hydrogen) atoms. The number of nitrogens with zero attached hydrogens (tertiary/aromatic N) is 3. The number of aromatic nitrogens is 2. The lowest BCUT2D eigenvalue weighted by molar-refractivity contribution is -0.139. The quantitative estimate of drug-likeness (QED) is 0.245. The lowest BCUT2D eigenvalue weighted by Gasteiger charge is -2.41. The van der Waals surface area contributed by atoms with Crippen molar-refractivity contribution in [2.75, 3.05) is 55.9 Å². The van der Waals surface area contributed by atoms with E-state index in [1.165, 1.54) is 0 Å². The molecule has 0 radical (unpaired) electrons. The normalized spacial score (nSPS) is 15.5. The van der Waals surface area contributed by atoms with Crippen molar-refractivity contribution in [2.45, 2.75) is 38.4 Å². The molecule has 0 aliphatic carbocycles. The summed E-state index contributed by atoms with van der Waals surface area (Å²) in [6, 6.07) is 12.3. The fourth-order valence-corrected chi connectivity index (χ4v) is 5.07. The minimum absolute atomic E-state index is 0.0523. The molecule has 2 aromatic carbocycles. The third kappa shape index (κ3) is 8.75. The van der Waals surface area contributed by atoms with Crippen molar-refractivity contribution in [2.24, 2.45) is 0 Å². The Morgan fingerprint density at radius 2 is 1.80 bits per heavy atom. The SMILES string of the molecule is C=CC(=O)Nc1cc(N2CCN(CCC(F)(F)F)C(C)C2)ccc1C(=O)Nc1cc(CCc2cc(OC)cc(OC)c2)n[nH]1. The van der Waals surface area contributed by atoms with E-state index < -0.39 is 24.4 Å². The topological polar surface area (TPSA) is 112 Å². The van der Waals surface area contributed by atoms with Crippen molar-refractivity contribution >= 4 is 29.0 Å². The smallest absolute Gasteiger partial charge is 0.390 e. The van der Waals surface area contributed by atoms with E-state index in [9.17, 15) is 22.8 Å². The molecule has 1 fully saturated rings. The molecule has 2 heterocycles. The van der Waals surface area contributed by atoms with Crippen LogP contribution in [0, 0.1) is 0 Å². The summed E-state index contributed by atoms with van der Waals surface area (Å²) in [7, 11) is 3.19. The fraction of sp³-hybridized carbons (Fsp3) is 0.387. The van der Waals surface area contributed by atoms with Gasteiger partial charge in [-0.15, -0.1) is 0 Å². The van der Waals surface area contributed by atoms with E-state index in [2.05, 4.69) is 27.4 Å². The van der Waals surface area contributed by atoms with Crippen LogP contribution in [0.2, 0.25) is 0 Å². The third-order valence-electron chi connectivity index (χ3n) is 7.46. The summed E-state index contributed by atoms with van der Waals surface area (Å²) in [5.41, 5.74) is 2.99. The number of benzene rings is 2. The molecule has 1 aliphatic heterocycles. The van der Waals surface area contributed by atoms with Crippen LogP contribution in [0.1, 0.15) is 35.0 Å². The van der Waals surface area contributed by atoms with Gasteiger partial charge in [-0.25, -0.2) is 0 Å². The van der Waals surface area contributed by atoms with Gasteiger partial charge in [0.15, 0.2) is 0 Å². The molecule has 1 aromatic heterocycles. The lowest BCUT2D eigenvalue weighted by atomic mass is 10.1. The van der Waals surface area contributed by atoms with E-state index in [1.807, 2.05) is 28.9 Å². The molecule has 3 N–H and O–H groups in total. The van der Waals surface area contributed by atoms with Gasteiger partial charge in [0, 0.05) is 50.0 Å². The van der Waals surface area contributed by atoms with Crippen LogP contribution < -0.4 is 25.0 Å². The molecule has 10 nitrogen and oxygen atoms in total. The number of aryl methyl sites for hydroxylation is 2. The Balaban J connectivity index is 1.43. The molecule has 0 saturated carbocycles. The molecule has 4 rings (SSSR count). The second kappa shape index (κ2) is 14.3. The highest BCUT2D eigenvalue weighted by Gasteiger charge is 2.31. The second-order valence-corrected chi connectivity index (χ2v) is 10.6. The molecule has 1 atom stereocenters. The fourth-order valence-electron chi connectivity index (χ4n) is 5.07. The monoisotopic (exact) mass is 614 g/mol. The summed E-state index contributed by atoms with van der Waals surface area (Å²) in [6.07, 6.45) is -2.68. The van der Waals surface area contributed by atoms with Gasteiger partial charge in [-0.1, -0.05) is 6.58 Å². The van der Waals surface area contributed by atoms with Crippen LogP contribution in [-0.4, -0.2) is 79.5 Å². The molecule has 1 aliphatic rings. The Morgan fingerprint density at radius 1 is 1.07 bits per heavy atom. The Kier molecular flexibility index (Phi) is 10.5. The standard InChI is InChI=1S/C31H37F3N6O4/c1-5-29(41)35-27-17-23(40-13-12-39(20(2)19-40)11-10-31(32,33)34)8-9-26(27)30(42)36-28-16-22(37-38-28)7-6-21-14-24(43-3)18-25(15-21)44-4/h5,8-9,14-18,20H,1,6-7,10-13,19H2,2-4H3,(H,35,41)(H2,36,37,38,42). The van der Waals surface area contributed by atoms with Gasteiger partial charge in [0.05, 0.1) is 37.6 Å². The van der Waals surface area contributed by atoms with Crippen LogP contribution in [0.25, 0.3) is 0 Å². The summed E-state index contributed by atoms with van der Waals surface area (Å²) < 4.78 is 48.8. The highest BCUT2D eigenvalue weighted by molar-refractivity contribution is 6.11. The Bertz CT molecular complexity index is 1450. The molecule has 0 bridgehead atoms. The van der Waals surface area contributed by atoms with E-state index in [-0.39, 0.29) is 23.8 Å². The number of aromatic amines is 1. The number of piperazine rings is 1. The Labute approximate surface area is 254 Å². The average molecular weight is 615 g/mol. The largest absolute Gasteiger partial charge is 0.497 e. The van der Waals surface area contributed by atoms with E-state index in [1.54, 1.807) is 44.6 Å². The third-order valence-corrected chi connectivity index (χ3v) is 7.46. The first-order valence-electron chi connectivity index (χ1n) is 14.2. The summed E-state index contributed by atoms with van der Waals surface area (Å²) in [6.45, 7) is 6.78. The number of ether oxygens (including phenoxy) is 2. The van der Waals surface area contributed by atoms with Crippen LogP contribution in [0.3, 0.4) is 0 Å². The minimum Gasteiger partial charge on any atom is -0.497 e. The van der Waals surface area contributed by atoms with Crippen molar-refractivity contribution < 1.29 is 32.2 Å². The van der Waals surface area contributed by atoms with Gasteiger partial charge in [-0.2, -0.15) is 18.3 Å². The molecule has 236 valence electrons. The van der Waals surface area contributed by atoms with Gasteiger partial charge >= 0.3 is 6.18 Å². The van der Waals surface area contributed by atoms with Crippen molar-refractivity contribution in [3.05, 3.63) is 71.9 Å². The molecule has 3 aromatic rings. The molecular formula is C31H37F3N6O4. The van der Waals surface area contributed by atoms with E-state index in [0.29, 0.717) is 49.8 Å². The van der Waals surface area contributed by atoms with Crippen molar-refractivity contribution in [1.29, 1.82) is 0 Å². The number of alkyl halides is 3. The molecule has 2 amide bonds. The number of halogens is 3. The van der Waals surface area contributed by atoms with Gasteiger partial charge in [-0.3, -0.25) is 19.6 Å². The number of H-pyrrole nitrogens is 1. The molecule has 1 saturated heterocycles. The van der Waals surface area contributed by atoms with Crippen molar-refractivity contribution in [3.8, 4) is 11.5 Å². The lowest BCUT2D eigenvalue weighted by Crippen LogP contribution is -2.52. The number of hydrogen-bond acceptors (Lipinski definition) is 7. The first kappa shape index (κ1) is 32.4. The zero-order valence-corrected chi connectivity index (χ0v) is 25.0. The summed E-state index contributed by atoms with van der Waals surface area (Å²) in [4.78, 5) is 29.4. The van der Waals surface area contributed by atoms with Gasteiger partial charge in [0.25, 0.3) is 5.91 Å². The summed E-state index contributed by atoms with van der Waals surface area (Å²) >= 11 is 0. The van der Waals surface area contributed by atoms with Gasteiger partial charge in [0.2, 0.25) is 5.91 Å². The number of nitrogens with one attached hydrogen (secondary N) is 3. The highest BCUT2D eigenvalue weighted by Crippen LogP contribution is 2.28. The number of carbonyl (C=O) groups is 2. The summed E-state index contributed by atoms with van der Waals surface area (Å²) in [5.74, 6) is 0.824. The van der Waals surface area contributed by atoms with Gasteiger partial charge < -0.3 is 25.0 Å². The number of anilines is 3. The molecular weight excluding hydrogens is 577 g/mol. The maximum Gasteiger partial charge on any atom is 0.390 e. The highest BCUT2D eigenvalue weighted by atomic mass is 19.4. The first-order valence-corrected chi connectivity index (χ1v) is 14.2. The number of hydrogen-bond donors (Lipinski definition) is 3. The molecule has 0 spiro atoms. The van der Waals surface area contributed by atoms with Crippen LogP contribution in [0.4, 0.5) is 30.4 Å². The van der Waals surface area contributed by atoms with E-state index in [4.69, 9.17) is 9.47 Å². The maximum atomic E-state index is 13.3. The van der Waals surface area contributed by atoms with Crippen molar-refractivity contribution in [3.63, 3.8) is 0 Å². The van der Waals surface area contributed by atoms with Crippen molar-refractivity contribution in [1.82, 2.24) is 15.1 Å². The minimum atomic E-state index is -4.20. The predicted octanol–water partition coefficient (Wildman–Crippen LogP) is 5.05. The van der Waals surface area contributed by atoms with E-state index >= 15 is 0 Å². The summed E-state index contributed by atoms with van der Waals surface area (Å²) in [5, 5.41) is 12.6.